The van der Waals surface area contributed by atoms with E-state index < -0.39 is 46.7 Å². The van der Waals surface area contributed by atoms with E-state index >= 15 is 4.39 Å². The Balaban J connectivity index is 2.57. The predicted molar refractivity (Wildman–Crippen MR) is 124 cm³/mol. The van der Waals surface area contributed by atoms with E-state index in [9.17, 15) is 19.2 Å². The Labute approximate surface area is 204 Å². The van der Waals surface area contributed by atoms with Gasteiger partial charge in [0.15, 0.2) is 5.78 Å². The van der Waals surface area contributed by atoms with Gasteiger partial charge in [-0.25, -0.2) is 18.9 Å². The Bertz CT molecular complexity index is 939. The van der Waals surface area contributed by atoms with Crippen LogP contribution in [0.25, 0.3) is 0 Å². The lowest BCUT2D eigenvalue weighted by Gasteiger charge is -2.37. The number of alkyl halides is 1. The van der Waals surface area contributed by atoms with Crippen molar-refractivity contribution in [3.05, 3.63) is 34.9 Å². The molecule has 1 heterocycles. The molecule has 0 spiro atoms. The van der Waals surface area contributed by atoms with Crippen LogP contribution in [0.5, 0.6) is 0 Å². The van der Waals surface area contributed by atoms with Gasteiger partial charge in [0.05, 0.1) is 5.54 Å². The zero-order valence-corrected chi connectivity index (χ0v) is 21.1. The molecule has 8 nitrogen and oxygen atoms in total. The smallest absolute Gasteiger partial charge is 0.417 e. The molecule has 34 heavy (non-hydrogen) atoms. The van der Waals surface area contributed by atoms with E-state index in [4.69, 9.17) is 21.1 Å². The van der Waals surface area contributed by atoms with Crippen molar-refractivity contribution < 1.29 is 33.0 Å². The van der Waals surface area contributed by atoms with Crippen molar-refractivity contribution in [2.75, 3.05) is 6.61 Å². The number of ether oxygens (including phenoxy) is 2. The van der Waals surface area contributed by atoms with Gasteiger partial charge in [-0.1, -0.05) is 44.5 Å². The lowest BCUT2D eigenvalue weighted by molar-refractivity contribution is -0.153. The molecule has 1 aromatic carbocycles. The number of nitrogens with one attached hydrogen (secondary N) is 1. The standard InChI is InChI=1S/C24H32ClFN2O6/c1-7-23(8-2,9-3)34-20(31)27-18(16-10-12-17(25)13-11-16)24(26,15(4)29)19(30)28-21(32)33-14-22(28,5)6/h10-13,18H,7-9,14H2,1-6H3,(H,27,31)/t18-,24+/m1/s1. The largest absolute Gasteiger partial charge is 0.447 e. The lowest BCUT2D eigenvalue weighted by Crippen LogP contribution is -2.61. The van der Waals surface area contributed by atoms with Crippen LogP contribution >= 0.6 is 11.6 Å². The van der Waals surface area contributed by atoms with Crippen molar-refractivity contribution in [3.8, 4) is 0 Å². The van der Waals surface area contributed by atoms with Crippen LogP contribution in [0.15, 0.2) is 24.3 Å². The monoisotopic (exact) mass is 498 g/mol. The molecular formula is C24H32ClFN2O6. The van der Waals surface area contributed by atoms with Crippen LogP contribution in [0.3, 0.4) is 0 Å². The number of hydrogen-bond donors (Lipinski definition) is 1. The minimum atomic E-state index is -3.33. The summed E-state index contributed by atoms with van der Waals surface area (Å²) in [5, 5.41) is 2.71. The topological polar surface area (TPSA) is 102 Å². The second-order valence-electron chi connectivity index (χ2n) is 9.04. The third kappa shape index (κ3) is 5.19. The number of carbonyl (C=O) groups excluding carboxylic acids is 4. The first kappa shape index (κ1) is 27.6. The van der Waals surface area contributed by atoms with Crippen LogP contribution in [-0.2, 0) is 19.1 Å². The van der Waals surface area contributed by atoms with Gasteiger partial charge in [-0.15, -0.1) is 0 Å². The molecule has 1 aromatic rings. The van der Waals surface area contributed by atoms with E-state index in [1.807, 2.05) is 20.8 Å². The average molecular weight is 499 g/mol. The number of ketones is 1. The molecule has 0 unspecified atom stereocenters. The van der Waals surface area contributed by atoms with Crippen LogP contribution in [-0.4, -0.2) is 52.2 Å². The van der Waals surface area contributed by atoms with Crippen molar-refractivity contribution in [2.45, 2.75) is 83.7 Å². The summed E-state index contributed by atoms with van der Waals surface area (Å²) >= 11 is 5.96. The van der Waals surface area contributed by atoms with Crippen LogP contribution in [0.1, 0.15) is 72.4 Å². The van der Waals surface area contributed by atoms with Gasteiger partial charge in [0.2, 0.25) is 0 Å². The zero-order chi connectivity index (χ0) is 25.9. The van der Waals surface area contributed by atoms with E-state index in [-0.39, 0.29) is 12.2 Å². The SMILES string of the molecule is CCC(CC)(CC)OC(=O)N[C@H](c1ccc(Cl)cc1)[C@@](F)(C(C)=O)C(=O)N1C(=O)OCC1(C)C. The second-order valence-corrected chi connectivity index (χ2v) is 9.47. The van der Waals surface area contributed by atoms with Gasteiger partial charge in [0.1, 0.15) is 18.2 Å². The molecule has 1 fully saturated rings. The van der Waals surface area contributed by atoms with Gasteiger partial charge in [0, 0.05) is 5.02 Å². The summed E-state index contributed by atoms with van der Waals surface area (Å²) in [6.45, 7) is 9.31. The van der Waals surface area contributed by atoms with Gasteiger partial charge >= 0.3 is 12.2 Å². The first-order valence-electron chi connectivity index (χ1n) is 11.2. The highest BCUT2D eigenvalue weighted by Crippen LogP contribution is 2.38. The molecule has 1 aliphatic heterocycles. The van der Waals surface area contributed by atoms with Crippen LogP contribution in [0.2, 0.25) is 5.02 Å². The number of cyclic esters (lactones) is 1. The summed E-state index contributed by atoms with van der Waals surface area (Å²) in [7, 11) is 0. The summed E-state index contributed by atoms with van der Waals surface area (Å²) in [6.07, 6.45) is -0.528. The second kappa shape index (κ2) is 10.3. The molecule has 3 amide bonds. The summed E-state index contributed by atoms with van der Waals surface area (Å²) in [5.41, 5.74) is -5.24. The number of nitrogens with zero attached hydrogens (tertiary/aromatic N) is 1. The van der Waals surface area contributed by atoms with E-state index in [1.165, 1.54) is 38.1 Å². The molecule has 2 atom stereocenters. The van der Waals surface area contributed by atoms with Crippen molar-refractivity contribution in [2.24, 2.45) is 0 Å². The average Bonchev–Trinajstić information content (AvgIpc) is 3.07. The van der Waals surface area contributed by atoms with E-state index in [1.54, 1.807) is 0 Å². The van der Waals surface area contributed by atoms with Crippen molar-refractivity contribution >= 4 is 35.5 Å². The molecule has 0 saturated carbocycles. The van der Waals surface area contributed by atoms with Gasteiger partial charge in [-0.3, -0.25) is 9.59 Å². The highest BCUT2D eigenvalue weighted by molar-refractivity contribution is 6.30. The predicted octanol–water partition coefficient (Wildman–Crippen LogP) is 5.13. The minimum absolute atomic E-state index is 0.0906. The maximum Gasteiger partial charge on any atom is 0.417 e. The molecule has 0 aromatic heterocycles. The quantitative estimate of drug-likeness (QED) is 0.473. The van der Waals surface area contributed by atoms with E-state index in [0.717, 1.165) is 6.92 Å². The number of imide groups is 1. The summed E-state index contributed by atoms with van der Waals surface area (Å²) in [4.78, 5) is 52.0. The Hall–Kier alpha value is -2.68. The number of hydrogen-bond acceptors (Lipinski definition) is 6. The van der Waals surface area contributed by atoms with Crippen molar-refractivity contribution in [1.29, 1.82) is 0 Å². The first-order valence-corrected chi connectivity index (χ1v) is 11.6. The highest BCUT2D eigenvalue weighted by Gasteiger charge is 2.60. The highest BCUT2D eigenvalue weighted by atomic mass is 35.5. The normalized spacial score (nSPS) is 18.0. The number of Topliss-reactive ketones (excluding diaryl/α,β-unsaturated/α-hetero) is 1. The molecule has 10 heteroatoms. The van der Waals surface area contributed by atoms with Gasteiger partial charge < -0.3 is 14.8 Å². The number of rotatable bonds is 9. The molecular weight excluding hydrogens is 467 g/mol. The molecule has 1 saturated heterocycles. The maximum atomic E-state index is 16.7. The van der Waals surface area contributed by atoms with Gasteiger partial charge in [-0.2, -0.15) is 0 Å². The summed E-state index contributed by atoms with van der Waals surface area (Å²) in [6, 6.07) is 3.85. The zero-order valence-electron chi connectivity index (χ0n) is 20.4. The van der Waals surface area contributed by atoms with Gasteiger partial charge in [-0.05, 0) is 57.7 Å². The van der Waals surface area contributed by atoms with Crippen molar-refractivity contribution in [1.82, 2.24) is 10.2 Å². The Morgan fingerprint density at radius 3 is 2.12 bits per heavy atom. The summed E-state index contributed by atoms with van der Waals surface area (Å²) < 4.78 is 27.3. The van der Waals surface area contributed by atoms with Gasteiger partial charge in [0.25, 0.3) is 11.6 Å². The molecule has 0 radical (unpaired) electrons. The minimum Gasteiger partial charge on any atom is -0.447 e. The fourth-order valence-corrected chi connectivity index (χ4v) is 4.12. The van der Waals surface area contributed by atoms with Crippen molar-refractivity contribution in [3.63, 3.8) is 0 Å². The molecule has 1 aliphatic rings. The fraction of sp³-hybridized carbons (Fsp3) is 0.583. The lowest BCUT2D eigenvalue weighted by atomic mass is 9.84. The third-order valence-electron chi connectivity index (χ3n) is 6.47. The third-order valence-corrected chi connectivity index (χ3v) is 6.72. The first-order chi connectivity index (χ1) is 15.8. The molecule has 0 aliphatic carbocycles. The number of alkyl carbamates (subject to hydrolysis) is 1. The Kier molecular flexibility index (Phi) is 8.35. The molecule has 188 valence electrons. The molecule has 1 N–H and O–H groups in total. The number of halogens is 2. The summed E-state index contributed by atoms with van der Waals surface area (Å²) in [5.74, 6) is -2.62. The Morgan fingerprint density at radius 2 is 1.71 bits per heavy atom. The van der Waals surface area contributed by atoms with E-state index in [2.05, 4.69) is 5.32 Å². The maximum absolute atomic E-state index is 16.7. The van der Waals surface area contributed by atoms with Crippen LogP contribution in [0, 0.1) is 0 Å². The van der Waals surface area contributed by atoms with Crippen LogP contribution in [0.4, 0.5) is 14.0 Å². The molecule has 0 bridgehead atoms. The number of carbonyl (C=O) groups is 4. The Morgan fingerprint density at radius 1 is 1.18 bits per heavy atom. The number of amides is 3. The van der Waals surface area contributed by atoms with Crippen LogP contribution < -0.4 is 5.32 Å². The van der Waals surface area contributed by atoms with E-state index in [0.29, 0.717) is 29.2 Å². The fourth-order valence-electron chi connectivity index (χ4n) is 3.99. The number of benzene rings is 1. The molecule has 2 rings (SSSR count).